The van der Waals surface area contributed by atoms with Crippen molar-refractivity contribution in [3.8, 4) is 11.4 Å². The van der Waals surface area contributed by atoms with Crippen molar-refractivity contribution in [2.24, 2.45) is 0 Å². The Balaban J connectivity index is 1.55. The Hall–Kier alpha value is -2.19. The van der Waals surface area contributed by atoms with Gasteiger partial charge in [0.2, 0.25) is 0 Å². The summed E-state index contributed by atoms with van der Waals surface area (Å²) in [6.45, 7) is 4.98. The predicted molar refractivity (Wildman–Crippen MR) is 120 cm³/mol. The minimum absolute atomic E-state index is 0.0837. The fourth-order valence-corrected chi connectivity index (χ4v) is 5.43. The molecule has 1 aliphatic heterocycles. The molecule has 0 bridgehead atoms. The van der Waals surface area contributed by atoms with Crippen LogP contribution in [0.1, 0.15) is 35.3 Å². The van der Waals surface area contributed by atoms with Gasteiger partial charge in [-0.1, -0.05) is 23.2 Å². The molecule has 9 heteroatoms. The number of β-amino-alcohol motifs (C(OH)–C–C–N with tert-alkyl or cyclic N) is 1. The molecule has 3 atom stereocenters. The van der Waals surface area contributed by atoms with Crippen molar-refractivity contribution >= 4 is 23.2 Å². The molecular formula is C23H23Cl2FN4O2. The maximum atomic E-state index is 14.9. The van der Waals surface area contributed by atoms with Gasteiger partial charge in [0.1, 0.15) is 17.8 Å². The molecule has 1 aliphatic carbocycles. The summed E-state index contributed by atoms with van der Waals surface area (Å²) in [6.07, 6.45) is 0.496. The number of hydrogen-bond acceptors (Lipinski definition) is 5. The Labute approximate surface area is 195 Å². The van der Waals surface area contributed by atoms with Crippen molar-refractivity contribution in [3.63, 3.8) is 0 Å². The lowest BCUT2D eigenvalue weighted by molar-refractivity contribution is 0.0790. The molecule has 1 unspecified atom stereocenters. The van der Waals surface area contributed by atoms with Crippen LogP contribution in [0, 0.1) is 19.7 Å². The van der Waals surface area contributed by atoms with Crippen LogP contribution >= 0.6 is 23.2 Å². The predicted octanol–water partition coefficient (Wildman–Crippen LogP) is 4.44. The first-order valence-electron chi connectivity index (χ1n) is 10.6. The fourth-order valence-electron chi connectivity index (χ4n) is 4.85. The van der Waals surface area contributed by atoms with Crippen molar-refractivity contribution < 1.29 is 14.2 Å². The van der Waals surface area contributed by atoms with Gasteiger partial charge in [0.15, 0.2) is 11.6 Å². The van der Waals surface area contributed by atoms with Crippen LogP contribution in [0.5, 0.6) is 5.75 Å². The first-order chi connectivity index (χ1) is 15.3. The Morgan fingerprint density at radius 2 is 1.88 bits per heavy atom. The van der Waals surface area contributed by atoms with Crippen LogP contribution < -0.4 is 4.74 Å². The van der Waals surface area contributed by atoms with E-state index in [4.69, 9.17) is 27.9 Å². The van der Waals surface area contributed by atoms with Gasteiger partial charge < -0.3 is 9.84 Å². The number of ether oxygens (including phenoxy) is 1. The van der Waals surface area contributed by atoms with Crippen molar-refractivity contribution in [1.82, 2.24) is 19.7 Å². The summed E-state index contributed by atoms with van der Waals surface area (Å²) >= 11 is 12.8. The van der Waals surface area contributed by atoms with E-state index in [1.54, 1.807) is 18.2 Å². The lowest BCUT2D eigenvalue weighted by atomic mass is 10.1. The molecule has 2 aliphatic rings. The number of nitrogens with zero attached hydrogens (tertiary/aromatic N) is 4. The average molecular weight is 477 g/mol. The monoisotopic (exact) mass is 476 g/mol. The van der Waals surface area contributed by atoms with E-state index in [0.717, 1.165) is 23.4 Å². The summed E-state index contributed by atoms with van der Waals surface area (Å²) in [7, 11) is 0. The second-order valence-electron chi connectivity index (χ2n) is 8.45. The molecular weight excluding hydrogens is 454 g/mol. The third kappa shape index (κ3) is 3.77. The number of rotatable bonds is 4. The van der Waals surface area contributed by atoms with E-state index in [0.29, 0.717) is 41.1 Å². The van der Waals surface area contributed by atoms with Gasteiger partial charge in [-0.15, -0.1) is 10.2 Å². The second-order valence-corrected chi connectivity index (χ2v) is 9.29. The molecule has 1 N–H and O–H groups in total. The van der Waals surface area contributed by atoms with Gasteiger partial charge in [-0.05, 0) is 56.5 Å². The molecule has 1 aromatic heterocycles. The lowest BCUT2D eigenvalue weighted by Gasteiger charge is -2.30. The van der Waals surface area contributed by atoms with Crippen LogP contribution in [-0.4, -0.2) is 50.0 Å². The third-order valence-corrected chi connectivity index (χ3v) is 6.90. The standard InChI is InChI=1S/C23H23Cl2FN4O2/c1-12-27-28-13(2)30(12)15-3-4-20(26)22(9-15)32-23-18-7-14(24)8-19(25)17(18)10-21(23)29-6-5-16(31)11-29/h3-4,7-9,16,21,23,31H,5-6,10-11H2,1-2H3/t16?,21-,23-/m0/s1. The molecule has 1 saturated heterocycles. The summed E-state index contributed by atoms with van der Waals surface area (Å²) in [5.74, 6) is 1.08. The van der Waals surface area contributed by atoms with E-state index in [2.05, 4.69) is 15.1 Å². The van der Waals surface area contributed by atoms with E-state index >= 15 is 0 Å². The van der Waals surface area contributed by atoms with E-state index in [1.165, 1.54) is 6.07 Å². The number of halogens is 3. The number of likely N-dealkylation sites (tertiary alicyclic amines) is 1. The quantitative estimate of drug-likeness (QED) is 0.602. The van der Waals surface area contributed by atoms with Crippen LogP contribution in [0.3, 0.4) is 0 Å². The highest BCUT2D eigenvalue weighted by Gasteiger charge is 2.42. The van der Waals surface area contributed by atoms with E-state index in [-0.39, 0.29) is 17.9 Å². The highest BCUT2D eigenvalue weighted by atomic mass is 35.5. The minimum atomic E-state index is -0.473. The molecule has 1 fully saturated rings. The molecule has 2 heterocycles. The summed E-state index contributed by atoms with van der Waals surface area (Å²) in [5.41, 5.74) is 2.53. The van der Waals surface area contributed by atoms with Crippen molar-refractivity contribution in [3.05, 3.63) is 69.0 Å². The number of fused-ring (bicyclic) bond motifs is 1. The third-order valence-electron chi connectivity index (χ3n) is 6.34. The first kappa shape index (κ1) is 21.6. The SMILES string of the molecule is Cc1nnc(C)n1-c1ccc(F)c(O[C@H]2c3cc(Cl)cc(Cl)c3C[C@@H]2N2CCC(O)C2)c1. The largest absolute Gasteiger partial charge is 0.481 e. The average Bonchev–Trinajstić information content (AvgIpc) is 3.42. The Morgan fingerprint density at radius 1 is 1.12 bits per heavy atom. The summed E-state index contributed by atoms with van der Waals surface area (Å²) in [6, 6.07) is 8.21. The zero-order valence-electron chi connectivity index (χ0n) is 17.7. The number of benzene rings is 2. The summed E-state index contributed by atoms with van der Waals surface area (Å²) in [5, 5.41) is 19.3. The molecule has 32 heavy (non-hydrogen) atoms. The number of hydrogen-bond donors (Lipinski definition) is 1. The van der Waals surface area contributed by atoms with Crippen LogP contribution in [0.4, 0.5) is 4.39 Å². The van der Waals surface area contributed by atoms with E-state index in [9.17, 15) is 9.50 Å². The minimum Gasteiger partial charge on any atom is -0.481 e. The number of aromatic nitrogens is 3. The van der Waals surface area contributed by atoms with E-state index in [1.807, 2.05) is 24.5 Å². The molecule has 3 aromatic rings. The molecule has 0 radical (unpaired) electrons. The smallest absolute Gasteiger partial charge is 0.165 e. The van der Waals surface area contributed by atoms with Crippen molar-refractivity contribution in [2.45, 2.75) is 44.9 Å². The lowest BCUT2D eigenvalue weighted by Crippen LogP contribution is -2.39. The Bertz CT molecular complexity index is 1170. The highest BCUT2D eigenvalue weighted by Crippen LogP contribution is 2.44. The molecule has 0 amide bonds. The van der Waals surface area contributed by atoms with Gasteiger partial charge >= 0.3 is 0 Å². The van der Waals surface area contributed by atoms with E-state index < -0.39 is 11.9 Å². The van der Waals surface area contributed by atoms with Crippen molar-refractivity contribution in [1.29, 1.82) is 0 Å². The topological polar surface area (TPSA) is 63.4 Å². The van der Waals surface area contributed by atoms with Gasteiger partial charge in [0.25, 0.3) is 0 Å². The first-order valence-corrected chi connectivity index (χ1v) is 11.3. The molecule has 168 valence electrons. The Kier molecular flexibility index (Phi) is 5.61. The van der Waals surface area contributed by atoms with Crippen LogP contribution in [0.15, 0.2) is 30.3 Å². The molecule has 2 aromatic carbocycles. The maximum absolute atomic E-state index is 14.9. The highest BCUT2D eigenvalue weighted by molar-refractivity contribution is 6.35. The normalized spacial score (nSPS) is 23.0. The number of aliphatic hydroxyl groups excluding tert-OH is 1. The molecule has 0 spiro atoms. The maximum Gasteiger partial charge on any atom is 0.165 e. The summed E-state index contributed by atoms with van der Waals surface area (Å²) in [4.78, 5) is 2.19. The number of aryl methyl sites for hydroxylation is 2. The fraction of sp³-hybridized carbons (Fsp3) is 0.391. The molecule has 0 saturated carbocycles. The van der Waals surface area contributed by atoms with Crippen LogP contribution in [0.25, 0.3) is 5.69 Å². The van der Waals surface area contributed by atoms with Gasteiger partial charge in [-0.25, -0.2) is 4.39 Å². The zero-order valence-corrected chi connectivity index (χ0v) is 19.2. The Morgan fingerprint density at radius 3 is 2.56 bits per heavy atom. The van der Waals surface area contributed by atoms with Crippen LogP contribution in [0.2, 0.25) is 10.0 Å². The molecule has 6 nitrogen and oxygen atoms in total. The number of aliphatic hydroxyl groups is 1. The zero-order chi connectivity index (χ0) is 22.6. The van der Waals surface area contributed by atoms with Gasteiger partial charge in [-0.2, -0.15) is 0 Å². The van der Waals surface area contributed by atoms with Gasteiger partial charge in [-0.3, -0.25) is 9.47 Å². The van der Waals surface area contributed by atoms with Crippen LogP contribution in [-0.2, 0) is 6.42 Å². The van der Waals surface area contributed by atoms with Gasteiger partial charge in [0.05, 0.1) is 17.8 Å². The van der Waals surface area contributed by atoms with Gasteiger partial charge in [0, 0.05) is 34.8 Å². The van der Waals surface area contributed by atoms with Crippen molar-refractivity contribution in [2.75, 3.05) is 13.1 Å². The molecule has 5 rings (SSSR count). The second kappa shape index (κ2) is 8.30. The summed E-state index contributed by atoms with van der Waals surface area (Å²) < 4.78 is 23.1.